The van der Waals surface area contributed by atoms with Crippen molar-refractivity contribution in [3.63, 3.8) is 0 Å². The van der Waals surface area contributed by atoms with E-state index in [1.54, 1.807) is 0 Å². The van der Waals surface area contributed by atoms with Crippen molar-refractivity contribution in [3.05, 3.63) is 69.1 Å². The molecular formula is C26H28O3. The molecule has 0 bridgehead atoms. The van der Waals surface area contributed by atoms with Crippen LogP contribution in [0, 0.1) is 0 Å². The van der Waals surface area contributed by atoms with Crippen LogP contribution in [0.4, 0.5) is 0 Å². The molecule has 29 heavy (non-hydrogen) atoms. The molecule has 150 valence electrons. The lowest BCUT2D eigenvalue weighted by molar-refractivity contribution is -0.126. The van der Waals surface area contributed by atoms with Crippen molar-refractivity contribution in [2.24, 2.45) is 0 Å². The van der Waals surface area contributed by atoms with Crippen LogP contribution in [-0.2, 0) is 20.4 Å². The number of ketones is 1. The van der Waals surface area contributed by atoms with Crippen LogP contribution in [0.25, 0.3) is 17.7 Å². The first-order chi connectivity index (χ1) is 13.4. The summed E-state index contributed by atoms with van der Waals surface area (Å²) in [5.74, 6) is -0.206. The molecule has 0 spiro atoms. The molecule has 0 atom stereocenters. The van der Waals surface area contributed by atoms with Crippen LogP contribution in [0.2, 0.25) is 0 Å². The maximum atomic E-state index is 12.4. The first-order valence-corrected chi connectivity index (χ1v) is 9.84. The Balaban J connectivity index is 2.30. The van der Waals surface area contributed by atoms with Gasteiger partial charge in [0.15, 0.2) is 6.29 Å². The highest BCUT2D eigenvalue weighted by atomic mass is 16.3. The number of phenolic OH excluding ortho intramolecular Hbond substituents is 1. The largest absolute Gasteiger partial charge is 0.507 e. The van der Waals surface area contributed by atoms with E-state index in [9.17, 15) is 14.7 Å². The van der Waals surface area contributed by atoms with Gasteiger partial charge in [0.2, 0.25) is 5.78 Å². The van der Waals surface area contributed by atoms with E-state index in [2.05, 4.69) is 41.5 Å². The van der Waals surface area contributed by atoms with E-state index in [4.69, 9.17) is 0 Å². The van der Waals surface area contributed by atoms with Crippen LogP contribution in [0.1, 0.15) is 58.2 Å². The van der Waals surface area contributed by atoms with Crippen molar-refractivity contribution in [1.29, 1.82) is 0 Å². The second kappa shape index (κ2) is 7.14. The molecule has 3 rings (SSSR count). The van der Waals surface area contributed by atoms with E-state index < -0.39 is 5.78 Å². The molecular weight excluding hydrogens is 360 g/mol. The zero-order chi connectivity index (χ0) is 21.6. The van der Waals surface area contributed by atoms with Gasteiger partial charge in [-0.15, -0.1) is 0 Å². The molecule has 3 heteroatoms. The molecule has 1 aliphatic rings. The lowest BCUT2D eigenvalue weighted by atomic mass is 9.78. The highest BCUT2D eigenvalue weighted by Gasteiger charge is 2.26. The first-order valence-electron chi connectivity index (χ1n) is 9.84. The molecule has 0 saturated carbocycles. The van der Waals surface area contributed by atoms with Gasteiger partial charge >= 0.3 is 0 Å². The third-order valence-corrected chi connectivity index (χ3v) is 5.25. The monoisotopic (exact) mass is 388 g/mol. The Morgan fingerprint density at radius 2 is 1.48 bits per heavy atom. The summed E-state index contributed by atoms with van der Waals surface area (Å²) in [5.41, 5.74) is 3.27. The summed E-state index contributed by atoms with van der Waals surface area (Å²) in [7, 11) is 0. The molecule has 3 nitrogen and oxygen atoms in total. The van der Waals surface area contributed by atoms with Gasteiger partial charge in [-0.3, -0.25) is 9.59 Å². The van der Waals surface area contributed by atoms with Crippen molar-refractivity contribution in [3.8, 4) is 5.75 Å². The Morgan fingerprint density at radius 3 is 2.00 bits per heavy atom. The number of aldehydes is 1. The van der Waals surface area contributed by atoms with Gasteiger partial charge in [-0.05, 0) is 56.7 Å². The Kier molecular flexibility index (Phi) is 5.12. The van der Waals surface area contributed by atoms with Gasteiger partial charge in [0, 0.05) is 16.7 Å². The van der Waals surface area contributed by atoms with Gasteiger partial charge in [-0.2, -0.15) is 0 Å². The number of fused-ring (bicyclic) bond motifs is 1. The van der Waals surface area contributed by atoms with Crippen molar-refractivity contribution < 1.29 is 14.7 Å². The maximum Gasteiger partial charge on any atom is 0.226 e. The van der Waals surface area contributed by atoms with Crippen LogP contribution in [-0.4, -0.2) is 17.2 Å². The average Bonchev–Trinajstić information content (AvgIpc) is 2.98. The van der Waals surface area contributed by atoms with E-state index in [1.807, 2.05) is 48.6 Å². The number of benzene rings is 2. The van der Waals surface area contributed by atoms with Crippen molar-refractivity contribution in [2.45, 2.75) is 52.4 Å². The number of aromatic hydroxyl groups is 1. The lowest BCUT2D eigenvalue weighted by Crippen LogP contribution is -2.24. The van der Waals surface area contributed by atoms with Crippen molar-refractivity contribution in [2.75, 3.05) is 0 Å². The summed E-state index contributed by atoms with van der Waals surface area (Å²) >= 11 is 0. The van der Waals surface area contributed by atoms with E-state index in [-0.39, 0.29) is 10.8 Å². The SMILES string of the molecule is CC(C)(C)c1cc(C=C2C=c3ccccc3=C2C(=O)C=O)cc(C(C)(C)C)c1O. The highest BCUT2D eigenvalue weighted by Crippen LogP contribution is 2.40. The fraction of sp³-hybridized carbons (Fsp3) is 0.308. The zero-order valence-corrected chi connectivity index (χ0v) is 18.0. The topological polar surface area (TPSA) is 54.4 Å². The molecule has 0 saturated heterocycles. The minimum Gasteiger partial charge on any atom is -0.507 e. The van der Waals surface area contributed by atoms with Crippen LogP contribution in [0.15, 0.2) is 42.0 Å². The molecule has 2 aromatic carbocycles. The van der Waals surface area contributed by atoms with Gasteiger partial charge in [-0.1, -0.05) is 65.8 Å². The summed E-state index contributed by atoms with van der Waals surface area (Å²) < 4.78 is 0. The van der Waals surface area contributed by atoms with E-state index in [0.29, 0.717) is 23.2 Å². The molecule has 0 unspecified atom stereocenters. The molecule has 0 aromatic heterocycles. The molecule has 0 radical (unpaired) electrons. The first kappa shape index (κ1) is 20.8. The average molecular weight is 389 g/mol. The Bertz CT molecular complexity index is 1110. The minimum absolute atomic E-state index is 0.244. The number of hydrogen-bond acceptors (Lipinski definition) is 3. The fourth-order valence-corrected chi connectivity index (χ4v) is 3.76. The third kappa shape index (κ3) is 3.95. The van der Waals surface area contributed by atoms with Crippen LogP contribution in [0.3, 0.4) is 0 Å². The predicted molar refractivity (Wildman–Crippen MR) is 118 cm³/mol. The van der Waals surface area contributed by atoms with E-state index in [1.165, 1.54) is 0 Å². The Morgan fingerprint density at radius 1 is 0.931 bits per heavy atom. The van der Waals surface area contributed by atoms with Gasteiger partial charge in [0.05, 0.1) is 0 Å². The maximum absolute atomic E-state index is 12.4. The molecule has 1 N–H and O–H groups in total. The molecule has 0 aliphatic heterocycles. The van der Waals surface area contributed by atoms with Gasteiger partial charge in [0.1, 0.15) is 5.75 Å². The van der Waals surface area contributed by atoms with Crippen LogP contribution >= 0.6 is 0 Å². The summed E-state index contributed by atoms with van der Waals surface area (Å²) in [6.07, 6.45) is 4.24. The van der Waals surface area contributed by atoms with Crippen molar-refractivity contribution in [1.82, 2.24) is 0 Å². The van der Waals surface area contributed by atoms with Gasteiger partial charge in [-0.25, -0.2) is 0 Å². The van der Waals surface area contributed by atoms with E-state index in [0.717, 1.165) is 27.1 Å². The molecule has 0 heterocycles. The summed E-state index contributed by atoms with van der Waals surface area (Å²) in [6.45, 7) is 12.4. The molecule has 0 fully saturated rings. The standard InChI is InChI=1S/C26H28O3/c1-25(2,3)20-12-16(13-21(24(20)29)26(4,5)6)11-18-14-17-9-7-8-10-19(17)23(18)22(28)15-27/h7-15,29H,1-6H3. The number of carbonyl (C=O) groups excluding carboxylic acids is 2. The zero-order valence-electron chi connectivity index (χ0n) is 18.0. The highest BCUT2D eigenvalue weighted by molar-refractivity contribution is 6.47. The quantitative estimate of drug-likeness (QED) is 0.643. The minimum atomic E-state index is -0.525. The number of Topliss-reactive ketones (excluding diaryl/α,β-unsaturated/α-hetero) is 1. The number of carbonyl (C=O) groups is 2. The number of rotatable bonds is 3. The van der Waals surface area contributed by atoms with Gasteiger partial charge < -0.3 is 5.11 Å². The van der Waals surface area contributed by atoms with E-state index >= 15 is 0 Å². The smallest absolute Gasteiger partial charge is 0.226 e. The third-order valence-electron chi connectivity index (χ3n) is 5.25. The molecule has 2 aromatic rings. The lowest BCUT2D eigenvalue weighted by Gasteiger charge is -2.28. The summed E-state index contributed by atoms with van der Waals surface area (Å²) in [4.78, 5) is 23.6. The molecule has 0 amide bonds. The second-order valence-corrected chi connectivity index (χ2v) is 9.65. The second-order valence-electron chi connectivity index (χ2n) is 9.65. The fourth-order valence-electron chi connectivity index (χ4n) is 3.76. The predicted octanol–water partition coefficient (Wildman–Crippen LogP) is 3.78. The number of allylic oxidation sites excluding steroid dienone is 1. The summed E-state index contributed by atoms with van der Waals surface area (Å²) in [6, 6.07) is 11.5. The number of hydrogen-bond donors (Lipinski definition) is 1. The Hall–Kier alpha value is -2.94. The molecule has 1 aliphatic carbocycles. The Labute approximate surface area is 172 Å². The van der Waals surface area contributed by atoms with Crippen LogP contribution < -0.4 is 10.4 Å². The summed E-state index contributed by atoms with van der Waals surface area (Å²) in [5, 5.41) is 12.6. The number of phenols is 1. The van der Waals surface area contributed by atoms with Crippen LogP contribution in [0.5, 0.6) is 5.75 Å². The van der Waals surface area contributed by atoms with Gasteiger partial charge in [0.25, 0.3) is 0 Å². The normalized spacial score (nSPS) is 15.2. The van der Waals surface area contributed by atoms with Crippen molar-refractivity contribution >= 4 is 29.8 Å².